The average molecular weight is 282 g/mol. The Bertz CT molecular complexity index is 478. The van der Waals surface area contributed by atoms with Gasteiger partial charge in [0.15, 0.2) is 0 Å². The van der Waals surface area contributed by atoms with Crippen LogP contribution < -0.4 is 10.5 Å². The molecule has 0 radical (unpaired) electrons. The van der Waals surface area contributed by atoms with Gasteiger partial charge in [0.2, 0.25) is 0 Å². The van der Waals surface area contributed by atoms with Crippen LogP contribution in [-0.2, 0) is 13.7 Å². The van der Waals surface area contributed by atoms with Crippen molar-refractivity contribution in [1.82, 2.24) is 9.55 Å². The second-order valence-electron chi connectivity index (χ2n) is 3.44. The lowest BCUT2D eigenvalue weighted by Gasteiger charge is -2.05. The Morgan fingerprint density at radius 3 is 2.62 bits per heavy atom. The van der Waals surface area contributed by atoms with Gasteiger partial charge in [-0.2, -0.15) is 0 Å². The fraction of sp³-hybridized carbons (Fsp3) is 0.182. The van der Waals surface area contributed by atoms with E-state index in [1.807, 2.05) is 35.9 Å². The van der Waals surface area contributed by atoms with E-state index in [0.29, 0.717) is 12.4 Å². The van der Waals surface area contributed by atoms with Crippen molar-refractivity contribution in [3.8, 4) is 5.75 Å². The van der Waals surface area contributed by atoms with Crippen molar-refractivity contribution < 1.29 is 4.74 Å². The molecule has 1 heterocycles. The highest BCUT2D eigenvalue weighted by atomic mass is 79.9. The molecule has 16 heavy (non-hydrogen) atoms. The summed E-state index contributed by atoms with van der Waals surface area (Å²) in [6.45, 7) is 0.412. The molecule has 0 aliphatic carbocycles. The molecule has 0 amide bonds. The number of nitrogens with zero attached hydrogens (tertiary/aromatic N) is 2. The average Bonchev–Trinajstić information content (AvgIpc) is 2.57. The van der Waals surface area contributed by atoms with Crippen molar-refractivity contribution >= 4 is 21.7 Å². The van der Waals surface area contributed by atoms with Crippen LogP contribution in [0.1, 0.15) is 5.82 Å². The largest absolute Gasteiger partial charge is 0.486 e. The van der Waals surface area contributed by atoms with E-state index < -0.39 is 0 Å². The van der Waals surface area contributed by atoms with Gasteiger partial charge < -0.3 is 15.0 Å². The molecule has 0 saturated carbocycles. The van der Waals surface area contributed by atoms with E-state index >= 15 is 0 Å². The molecule has 2 N–H and O–H groups in total. The summed E-state index contributed by atoms with van der Waals surface area (Å²) in [5.74, 6) is 2.13. The van der Waals surface area contributed by atoms with Crippen molar-refractivity contribution in [1.29, 1.82) is 0 Å². The van der Waals surface area contributed by atoms with E-state index in [-0.39, 0.29) is 0 Å². The second-order valence-corrected chi connectivity index (χ2v) is 4.35. The van der Waals surface area contributed by atoms with Crippen LogP contribution in [0, 0.1) is 0 Å². The highest BCUT2D eigenvalue weighted by Gasteiger charge is 2.03. The van der Waals surface area contributed by atoms with E-state index in [9.17, 15) is 0 Å². The maximum Gasteiger partial charge on any atom is 0.149 e. The van der Waals surface area contributed by atoms with Crippen LogP contribution in [0.5, 0.6) is 5.75 Å². The number of nitrogen functional groups attached to an aromatic ring is 1. The Morgan fingerprint density at radius 1 is 1.38 bits per heavy atom. The summed E-state index contributed by atoms with van der Waals surface area (Å²) >= 11 is 3.37. The molecule has 0 saturated heterocycles. The lowest BCUT2D eigenvalue weighted by atomic mass is 10.3. The van der Waals surface area contributed by atoms with Crippen molar-refractivity contribution in [2.24, 2.45) is 7.05 Å². The van der Waals surface area contributed by atoms with Crippen molar-refractivity contribution in [2.45, 2.75) is 6.61 Å². The number of nitrogens with two attached hydrogens (primary N) is 1. The molecule has 2 rings (SSSR count). The van der Waals surface area contributed by atoms with Gasteiger partial charge in [0.25, 0.3) is 0 Å². The monoisotopic (exact) mass is 281 g/mol. The first-order valence-corrected chi connectivity index (χ1v) is 5.60. The van der Waals surface area contributed by atoms with Gasteiger partial charge in [0, 0.05) is 17.7 Å². The van der Waals surface area contributed by atoms with Crippen molar-refractivity contribution in [2.75, 3.05) is 5.73 Å². The predicted octanol–water partition coefficient (Wildman–Crippen LogP) is 2.34. The second kappa shape index (κ2) is 4.57. The van der Waals surface area contributed by atoms with Gasteiger partial charge >= 0.3 is 0 Å². The molecule has 84 valence electrons. The van der Waals surface area contributed by atoms with E-state index in [1.165, 1.54) is 0 Å². The quantitative estimate of drug-likeness (QED) is 0.940. The smallest absolute Gasteiger partial charge is 0.149 e. The number of ether oxygens (including phenoxy) is 1. The molecule has 1 aromatic heterocycles. The minimum Gasteiger partial charge on any atom is -0.486 e. The number of hydrogen-bond donors (Lipinski definition) is 1. The lowest BCUT2D eigenvalue weighted by molar-refractivity contribution is 0.292. The van der Waals surface area contributed by atoms with Crippen LogP contribution in [0.2, 0.25) is 0 Å². The third kappa shape index (κ3) is 2.55. The van der Waals surface area contributed by atoms with Crippen molar-refractivity contribution in [3.63, 3.8) is 0 Å². The van der Waals surface area contributed by atoms with E-state index in [1.54, 1.807) is 6.20 Å². The van der Waals surface area contributed by atoms with Crippen LogP contribution in [0.25, 0.3) is 0 Å². The van der Waals surface area contributed by atoms with Crippen molar-refractivity contribution in [3.05, 3.63) is 40.8 Å². The van der Waals surface area contributed by atoms with Crippen LogP contribution in [0.3, 0.4) is 0 Å². The van der Waals surface area contributed by atoms with Crippen LogP contribution in [0.4, 0.5) is 5.82 Å². The molecular formula is C11H12BrN3O. The number of aromatic nitrogens is 2. The zero-order valence-corrected chi connectivity index (χ0v) is 10.4. The van der Waals surface area contributed by atoms with Gasteiger partial charge in [-0.15, -0.1) is 0 Å². The SMILES string of the molecule is Cn1cc(N)nc1COc1ccc(Br)cc1. The third-order valence-corrected chi connectivity index (χ3v) is 2.70. The van der Waals surface area contributed by atoms with E-state index in [0.717, 1.165) is 16.0 Å². The van der Waals surface area contributed by atoms with E-state index in [2.05, 4.69) is 20.9 Å². The zero-order chi connectivity index (χ0) is 11.5. The highest BCUT2D eigenvalue weighted by molar-refractivity contribution is 9.10. The molecule has 0 bridgehead atoms. The fourth-order valence-corrected chi connectivity index (χ4v) is 1.61. The molecular weight excluding hydrogens is 270 g/mol. The molecule has 0 atom stereocenters. The maximum absolute atomic E-state index is 5.58. The van der Waals surface area contributed by atoms with Gasteiger partial charge in [0.1, 0.15) is 24.0 Å². The number of halogens is 1. The van der Waals surface area contributed by atoms with Gasteiger partial charge in [-0.05, 0) is 24.3 Å². The summed E-state index contributed by atoms with van der Waals surface area (Å²) in [5, 5.41) is 0. The Balaban J connectivity index is 2.02. The summed E-state index contributed by atoms with van der Waals surface area (Å²) in [6.07, 6.45) is 1.76. The normalized spacial score (nSPS) is 10.4. The summed E-state index contributed by atoms with van der Waals surface area (Å²) < 4.78 is 8.47. The summed E-state index contributed by atoms with van der Waals surface area (Å²) in [4.78, 5) is 4.15. The first kappa shape index (κ1) is 11.0. The minimum absolute atomic E-state index is 0.412. The lowest BCUT2D eigenvalue weighted by Crippen LogP contribution is -2.02. The Kier molecular flexibility index (Phi) is 3.14. The first-order chi connectivity index (χ1) is 7.65. The molecule has 0 aliphatic rings. The number of imidazole rings is 1. The summed E-state index contributed by atoms with van der Waals surface area (Å²) in [7, 11) is 1.89. The Labute approximate surface area is 102 Å². The molecule has 0 fully saturated rings. The standard InChI is InChI=1S/C11H12BrN3O/c1-15-6-10(13)14-11(15)7-16-9-4-2-8(12)3-5-9/h2-6H,7,13H2,1H3. The molecule has 2 aromatic rings. The molecule has 1 aromatic carbocycles. The molecule has 0 aliphatic heterocycles. The zero-order valence-electron chi connectivity index (χ0n) is 8.85. The molecule has 4 nitrogen and oxygen atoms in total. The maximum atomic E-state index is 5.58. The Hall–Kier alpha value is -1.49. The van der Waals surface area contributed by atoms with Crippen LogP contribution >= 0.6 is 15.9 Å². The number of rotatable bonds is 3. The van der Waals surface area contributed by atoms with Gasteiger partial charge in [0.05, 0.1) is 0 Å². The topological polar surface area (TPSA) is 53.1 Å². The molecule has 0 spiro atoms. The summed E-state index contributed by atoms with van der Waals surface area (Å²) in [6, 6.07) is 7.66. The number of aryl methyl sites for hydroxylation is 1. The third-order valence-electron chi connectivity index (χ3n) is 2.17. The van der Waals surface area contributed by atoms with Crippen LogP contribution in [-0.4, -0.2) is 9.55 Å². The number of benzene rings is 1. The van der Waals surface area contributed by atoms with Gasteiger partial charge in [-0.3, -0.25) is 0 Å². The van der Waals surface area contributed by atoms with Gasteiger partial charge in [-0.25, -0.2) is 4.98 Å². The number of hydrogen-bond acceptors (Lipinski definition) is 3. The fourth-order valence-electron chi connectivity index (χ4n) is 1.34. The number of anilines is 1. The van der Waals surface area contributed by atoms with Gasteiger partial charge in [-0.1, -0.05) is 15.9 Å². The Morgan fingerprint density at radius 2 is 2.06 bits per heavy atom. The molecule has 0 unspecified atom stereocenters. The van der Waals surface area contributed by atoms with Crippen LogP contribution in [0.15, 0.2) is 34.9 Å². The molecule has 5 heteroatoms. The van der Waals surface area contributed by atoms with E-state index in [4.69, 9.17) is 10.5 Å². The predicted molar refractivity (Wildman–Crippen MR) is 66.1 cm³/mol. The minimum atomic E-state index is 0.412. The first-order valence-electron chi connectivity index (χ1n) is 4.81. The highest BCUT2D eigenvalue weighted by Crippen LogP contribution is 2.17. The summed E-state index contributed by atoms with van der Waals surface area (Å²) in [5.41, 5.74) is 5.57.